The van der Waals surface area contributed by atoms with Gasteiger partial charge in [-0.1, -0.05) is 69.2 Å². The molecule has 0 spiro atoms. The van der Waals surface area contributed by atoms with E-state index in [0.29, 0.717) is 5.92 Å². The summed E-state index contributed by atoms with van der Waals surface area (Å²) in [6.45, 7) is 8.61. The Kier molecular flexibility index (Phi) is 5.38. The minimum atomic E-state index is 0.677. The number of hydrogen-bond donors (Lipinski definition) is 0. The third kappa shape index (κ3) is 3.61. The van der Waals surface area contributed by atoms with Crippen LogP contribution in [0.2, 0.25) is 0 Å². The maximum atomic E-state index is 2.63. The lowest BCUT2D eigenvalue weighted by molar-refractivity contribution is -0.877. The summed E-state index contributed by atoms with van der Waals surface area (Å²) in [5, 5.41) is 0. The second-order valence-corrected chi connectivity index (χ2v) is 7.45. The van der Waals surface area contributed by atoms with E-state index in [-0.39, 0.29) is 0 Å². The van der Waals surface area contributed by atoms with Crippen molar-refractivity contribution in [1.82, 2.24) is 0 Å². The number of quaternary nitrogens is 1. The predicted octanol–water partition coefficient (Wildman–Crippen LogP) is 5.66. The lowest BCUT2D eigenvalue weighted by Gasteiger charge is -2.35. The van der Waals surface area contributed by atoms with E-state index in [2.05, 4.69) is 62.5 Å². The van der Waals surface area contributed by atoms with E-state index >= 15 is 0 Å². The zero-order chi connectivity index (χ0) is 16.1. The van der Waals surface area contributed by atoms with Crippen molar-refractivity contribution in [1.29, 1.82) is 0 Å². The number of fused-ring (bicyclic) bond motifs is 1. The van der Waals surface area contributed by atoms with Crippen molar-refractivity contribution in [3.63, 3.8) is 0 Å². The smallest absolute Gasteiger partial charge is 0.0996 e. The van der Waals surface area contributed by atoms with Crippen LogP contribution in [0.5, 0.6) is 0 Å². The van der Waals surface area contributed by atoms with Gasteiger partial charge in [-0.3, -0.25) is 4.48 Å². The summed E-state index contributed by atoms with van der Waals surface area (Å²) in [5.74, 6) is 1.40. The Labute approximate surface area is 142 Å². The van der Waals surface area contributed by atoms with Crippen molar-refractivity contribution in [2.24, 2.45) is 5.92 Å². The SMILES string of the molecule is CCCC[N+]1(CCCC)C=C2C=CCC(c3ccccc3)C2C1. The van der Waals surface area contributed by atoms with Crippen LogP contribution in [0.4, 0.5) is 0 Å². The number of nitrogens with zero attached hydrogens (tertiary/aromatic N) is 1. The number of benzene rings is 1. The van der Waals surface area contributed by atoms with Crippen LogP contribution in [-0.2, 0) is 0 Å². The van der Waals surface area contributed by atoms with E-state index < -0.39 is 0 Å². The molecule has 3 rings (SSSR count). The highest BCUT2D eigenvalue weighted by atomic mass is 15.4. The van der Waals surface area contributed by atoms with Crippen LogP contribution in [0.1, 0.15) is 57.4 Å². The molecular weight excluding hydrogens is 278 g/mol. The number of allylic oxidation sites excluding steroid dienone is 2. The Morgan fingerprint density at radius 2 is 1.65 bits per heavy atom. The van der Waals surface area contributed by atoms with Crippen LogP contribution in [0.15, 0.2) is 54.3 Å². The lowest BCUT2D eigenvalue weighted by atomic mass is 9.77. The fourth-order valence-electron chi connectivity index (χ4n) is 4.44. The molecule has 0 N–H and O–H groups in total. The third-order valence-corrected chi connectivity index (χ3v) is 5.74. The summed E-state index contributed by atoms with van der Waals surface area (Å²) >= 11 is 0. The van der Waals surface area contributed by atoms with Gasteiger partial charge in [0.05, 0.1) is 25.8 Å². The predicted molar refractivity (Wildman–Crippen MR) is 99.2 cm³/mol. The van der Waals surface area contributed by atoms with E-state index in [9.17, 15) is 0 Å². The van der Waals surface area contributed by atoms with Crippen molar-refractivity contribution in [2.45, 2.75) is 51.9 Å². The first kappa shape index (κ1) is 16.5. The standard InChI is InChI=1S/C22H32N/c1-3-5-15-23(16-6-4-2)17-20-13-10-14-21(22(20)18-23)19-11-8-7-9-12-19/h7-13,17,21-22H,3-6,14-16,18H2,1-2H3/q+1. The van der Waals surface area contributed by atoms with Crippen LogP contribution in [0.25, 0.3) is 0 Å². The van der Waals surface area contributed by atoms with Crippen LogP contribution in [0, 0.1) is 5.92 Å². The maximum Gasteiger partial charge on any atom is 0.0996 e. The molecule has 2 atom stereocenters. The average Bonchev–Trinajstić information content (AvgIpc) is 2.98. The first-order valence-corrected chi connectivity index (χ1v) is 9.58. The van der Waals surface area contributed by atoms with Gasteiger partial charge < -0.3 is 0 Å². The monoisotopic (exact) mass is 310 g/mol. The lowest BCUT2D eigenvalue weighted by Crippen LogP contribution is -2.44. The van der Waals surface area contributed by atoms with Gasteiger partial charge in [-0.05, 0) is 30.7 Å². The Hall–Kier alpha value is -1.34. The second-order valence-electron chi connectivity index (χ2n) is 7.45. The van der Waals surface area contributed by atoms with Gasteiger partial charge in [-0.2, -0.15) is 0 Å². The first-order valence-electron chi connectivity index (χ1n) is 9.58. The molecule has 1 heterocycles. The van der Waals surface area contributed by atoms with Crippen molar-refractivity contribution in [3.05, 3.63) is 59.8 Å². The highest BCUT2D eigenvalue weighted by Gasteiger charge is 2.42. The quantitative estimate of drug-likeness (QED) is 0.570. The molecule has 2 aliphatic rings. The van der Waals surface area contributed by atoms with Gasteiger partial charge >= 0.3 is 0 Å². The molecule has 0 saturated heterocycles. The Morgan fingerprint density at radius 1 is 0.957 bits per heavy atom. The molecule has 0 fully saturated rings. The molecule has 0 radical (unpaired) electrons. The largest absolute Gasteiger partial charge is 0.296 e. The zero-order valence-electron chi connectivity index (χ0n) is 14.9. The molecule has 0 saturated carbocycles. The second kappa shape index (κ2) is 7.49. The zero-order valence-corrected chi connectivity index (χ0v) is 14.9. The summed E-state index contributed by atoms with van der Waals surface area (Å²) in [6, 6.07) is 11.2. The van der Waals surface area contributed by atoms with E-state index in [1.54, 1.807) is 5.57 Å². The van der Waals surface area contributed by atoms with E-state index in [1.165, 1.54) is 61.8 Å². The summed E-state index contributed by atoms with van der Waals surface area (Å²) in [7, 11) is 0. The van der Waals surface area contributed by atoms with Crippen LogP contribution >= 0.6 is 0 Å². The highest BCUT2D eigenvalue weighted by Crippen LogP contribution is 2.44. The molecular formula is C22H32N+. The normalized spacial score (nSPS) is 25.2. The van der Waals surface area contributed by atoms with Crippen molar-refractivity contribution < 1.29 is 4.48 Å². The van der Waals surface area contributed by atoms with Crippen molar-refractivity contribution in [3.8, 4) is 0 Å². The Bertz CT molecular complexity index is 547. The highest BCUT2D eigenvalue weighted by molar-refractivity contribution is 5.34. The Balaban J connectivity index is 1.83. The summed E-state index contributed by atoms with van der Waals surface area (Å²) < 4.78 is 1.23. The fourth-order valence-corrected chi connectivity index (χ4v) is 4.44. The molecule has 0 aromatic heterocycles. The van der Waals surface area contributed by atoms with Crippen LogP contribution in [-0.4, -0.2) is 24.1 Å². The van der Waals surface area contributed by atoms with Crippen molar-refractivity contribution in [2.75, 3.05) is 19.6 Å². The average molecular weight is 311 g/mol. The summed E-state index contributed by atoms with van der Waals surface area (Å²) in [5.41, 5.74) is 3.14. The molecule has 1 aliphatic carbocycles. The maximum absolute atomic E-state index is 2.63. The molecule has 1 aliphatic heterocycles. The molecule has 1 heteroatoms. The van der Waals surface area contributed by atoms with Gasteiger partial charge in [0, 0.05) is 11.5 Å². The molecule has 1 aromatic carbocycles. The minimum Gasteiger partial charge on any atom is -0.296 e. The molecule has 0 bridgehead atoms. The summed E-state index contributed by atoms with van der Waals surface area (Å²) in [6.07, 6.45) is 14.0. The van der Waals surface area contributed by atoms with Gasteiger partial charge in [0.15, 0.2) is 0 Å². The van der Waals surface area contributed by atoms with Gasteiger partial charge in [-0.15, -0.1) is 0 Å². The number of unbranched alkanes of at least 4 members (excludes halogenated alkanes) is 2. The van der Waals surface area contributed by atoms with Gasteiger partial charge in [0.2, 0.25) is 0 Å². The van der Waals surface area contributed by atoms with Crippen molar-refractivity contribution >= 4 is 0 Å². The molecule has 124 valence electrons. The molecule has 0 amide bonds. The van der Waals surface area contributed by atoms with Crippen LogP contribution < -0.4 is 0 Å². The molecule has 1 nitrogen and oxygen atoms in total. The van der Waals surface area contributed by atoms with Crippen LogP contribution in [0.3, 0.4) is 0 Å². The summed E-state index contributed by atoms with van der Waals surface area (Å²) in [4.78, 5) is 0. The van der Waals surface area contributed by atoms with E-state index in [1.807, 2.05) is 0 Å². The molecule has 1 aromatic rings. The first-order chi connectivity index (χ1) is 11.3. The number of rotatable bonds is 7. The van der Waals surface area contributed by atoms with E-state index in [4.69, 9.17) is 0 Å². The van der Waals surface area contributed by atoms with Gasteiger partial charge in [0.1, 0.15) is 0 Å². The topological polar surface area (TPSA) is 0 Å². The molecule has 2 unspecified atom stereocenters. The van der Waals surface area contributed by atoms with Gasteiger partial charge in [0.25, 0.3) is 0 Å². The van der Waals surface area contributed by atoms with E-state index in [0.717, 1.165) is 5.92 Å². The minimum absolute atomic E-state index is 0.677. The van der Waals surface area contributed by atoms with Gasteiger partial charge in [-0.25, -0.2) is 0 Å². The molecule has 23 heavy (non-hydrogen) atoms. The third-order valence-electron chi connectivity index (χ3n) is 5.74. The fraction of sp³-hybridized carbons (Fsp3) is 0.545. The number of hydrogen-bond acceptors (Lipinski definition) is 0. The Morgan fingerprint density at radius 3 is 2.30 bits per heavy atom.